The van der Waals surface area contributed by atoms with Gasteiger partial charge in [-0.15, -0.1) is 0 Å². The number of hydrogen-bond acceptors (Lipinski definition) is 5. The molecule has 5 nitrogen and oxygen atoms in total. The summed E-state index contributed by atoms with van der Waals surface area (Å²) in [6, 6.07) is 15.8. The second kappa shape index (κ2) is 7.62. The third kappa shape index (κ3) is 3.73. The van der Waals surface area contributed by atoms with Gasteiger partial charge >= 0.3 is 0 Å². The molecule has 2 heterocycles. The summed E-state index contributed by atoms with van der Waals surface area (Å²) in [5, 5.41) is 0. The predicted molar refractivity (Wildman–Crippen MR) is 101 cm³/mol. The monoisotopic (exact) mass is 350 g/mol. The zero-order valence-electron chi connectivity index (χ0n) is 14.6. The van der Waals surface area contributed by atoms with E-state index in [9.17, 15) is 4.79 Å². The van der Waals surface area contributed by atoms with Crippen LogP contribution in [-0.4, -0.2) is 50.0 Å². The van der Waals surface area contributed by atoms with Crippen molar-refractivity contribution in [3.05, 3.63) is 66.4 Å². The fourth-order valence-corrected chi connectivity index (χ4v) is 3.29. The zero-order valence-corrected chi connectivity index (χ0v) is 14.6. The van der Waals surface area contributed by atoms with Crippen molar-refractivity contribution in [1.29, 1.82) is 0 Å². The lowest BCUT2D eigenvalue weighted by Crippen LogP contribution is -2.48. The molecule has 0 aliphatic carbocycles. The fraction of sp³-hybridized carbons (Fsp3) is 0.286. The van der Waals surface area contributed by atoms with Gasteiger partial charge < -0.3 is 14.4 Å². The Morgan fingerprint density at radius 1 is 0.962 bits per heavy atom. The smallest absolute Gasteiger partial charge is 0.176 e. The number of ketones is 1. The highest BCUT2D eigenvalue weighted by molar-refractivity contribution is 5.98. The Labute approximate surface area is 153 Å². The number of nitrogens with zero attached hydrogens (tertiary/aromatic N) is 2. The molecule has 2 aliphatic rings. The van der Waals surface area contributed by atoms with Crippen LogP contribution in [0.15, 0.2) is 60.9 Å². The molecule has 0 amide bonds. The third-order valence-corrected chi connectivity index (χ3v) is 4.75. The lowest BCUT2D eigenvalue weighted by atomic mass is 10.1. The molecular formula is C21H22N2O3. The molecule has 134 valence electrons. The second-order valence-electron chi connectivity index (χ2n) is 6.48. The van der Waals surface area contributed by atoms with Gasteiger partial charge in [-0.2, -0.15) is 0 Å². The topological polar surface area (TPSA) is 42.0 Å². The summed E-state index contributed by atoms with van der Waals surface area (Å²) >= 11 is 0. The molecule has 2 aliphatic heterocycles. The molecule has 0 aromatic heterocycles. The van der Waals surface area contributed by atoms with Crippen LogP contribution in [0.25, 0.3) is 0 Å². The highest BCUT2D eigenvalue weighted by Gasteiger charge is 2.20. The second-order valence-corrected chi connectivity index (χ2v) is 6.48. The fourth-order valence-electron chi connectivity index (χ4n) is 3.29. The Bertz CT molecular complexity index is 796. The van der Waals surface area contributed by atoms with E-state index in [0.29, 0.717) is 30.2 Å². The average molecular weight is 350 g/mol. The summed E-state index contributed by atoms with van der Waals surface area (Å²) in [5.41, 5.74) is 1.91. The number of anilines is 1. The lowest BCUT2D eigenvalue weighted by molar-refractivity contribution is 0.0926. The number of piperazine rings is 1. The van der Waals surface area contributed by atoms with Crippen molar-refractivity contribution in [2.75, 3.05) is 44.2 Å². The molecule has 0 unspecified atom stereocenters. The Morgan fingerprint density at radius 3 is 2.58 bits per heavy atom. The number of carbonyl (C=O) groups excluding carboxylic acids is 1. The number of rotatable bonds is 4. The summed E-state index contributed by atoms with van der Waals surface area (Å²) in [6.45, 7) is 4.52. The van der Waals surface area contributed by atoms with E-state index in [2.05, 4.69) is 34.1 Å². The maximum atomic E-state index is 12.7. The van der Waals surface area contributed by atoms with Crippen molar-refractivity contribution in [1.82, 2.24) is 4.90 Å². The summed E-state index contributed by atoms with van der Waals surface area (Å²) in [7, 11) is 0. The standard InChI is InChI=1S/C21H22N2O3/c24-19(17-7-8-20-21(15-17)26-14-4-13-25-20)16-22-9-11-23(12-10-22)18-5-2-1-3-6-18/h1-8,13,15H,9-12,14,16H2. The van der Waals surface area contributed by atoms with Crippen molar-refractivity contribution < 1.29 is 14.3 Å². The Hall–Kier alpha value is -2.79. The Kier molecular flexibility index (Phi) is 4.88. The van der Waals surface area contributed by atoms with Gasteiger partial charge in [-0.1, -0.05) is 18.2 Å². The van der Waals surface area contributed by atoms with Gasteiger partial charge in [0.2, 0.25) is 0 Å². The quantitative estimate of drug-likeness (QED) is 0.793. The molecule has 0 spiro atoms. The summed E-state index contributed by atoms with van der Waals surface area (Å²) in [4.78, 5) is 17.2. The Morgan fingerprint density at radius 2 is 1.77 bits per heavy atom. The van der Waals surface area contributed by atoms with Gasteiger partial charge in [-0.05, 0) is 36.4 Å². The van der Waals surface area contributed by atoms with Gasteiger partial charge in [0.1, 0.15) is 6.61 Å². The van der Waals surface area contributed by atoms with Crippen molar-refractivity contribution in [2.45, 2.75) is 0 Å². The van der Waals surface area contributed by atoms with Crippen molar-refractivity contribution in [3.8, 4) is 11.5 Å². The molecule has 0 radical (unpaired) electrons. The number of ether oxygens (including phenoxy) is 2. The summed E-state index contributed by atoms with van der Waals surface area (Å²) in [6.07, 6.45) is 3.41. The van der Waals surface area contributed by atoms with E-state index in [1.54, 1.807) is 24.5 Å². The number of carbonyl (C=O) groups is 1. The first-order valence-corrected chi connectivity index (χ1v) is 8.94. The van der Waals surface area contributed by atoms with Gasteiger partial charge in [0.05, 0.1) is 12.8 Å². The van der Waals surface area contributed by atoms with Crippen LogP contribution < -0.4 is 14.4 Å². The maximum absolute atomic E-state index is 12.7. The number of hydrogen-bond donors (Lipinski definition) is 0. The summed E-state index contributed by atoms with van der Waals surface area (Å²) < 4.78 is 11.1. The van der Waals surface area contributed by atoms with Crippen LogP contribution in [0.1, 0.15) is 10.4 Å². The van der Waals surface area contributed by atoms with Crippen LogP contribution in [0.2, 0.25) is 0 Å². The zero-order chi connectivity index (χ0) is 17.8. The van der Waals surface area contributed by atoms with Gasteiger partial charge in [-0.3, -0.25) is 9.69 Å². The highest BCUT2D eigenvalue weighted by atomic mass is 16.5. The number of benzene rings is 2. The highest BCUT2D eigenvalue weighted by Crippen LogP contribution is 2.30. The van der Waals surface area contributed by atoms with Crippen molar-refractivity contribution >= 4 is 11.5 Å². The molecule has 1 saturated heterocycles. The minimum Gasteiger partial charge on any atom is -0.485 e. The van der Waals surface area contributed by atoms with Crippen molar-refractivity contribution in [2.24, 2.45) is 0 Å². The molecule has 1 fully saturated rings. The maximum Gasteiger partial charge on any atom is 0.176 e. The molecule has 0 bridgehead atoms. The van der Waals surface area contributed by atoms with Gasteiger partial charge in [0, 0.05) is 37.4 Å². The van der Waals surface area contributed by atoms with Crippen LogP contribution in [0, 0.1) is 0 Å². The van der Waals surface area contributed by atoms with E-state index in [1.807, 2.05) is 12.1 Å². The lowest BCUT2D eigenvalue weighted by Gasteiger charge is -2.35. The molecule has 26 heavy (non-hydrogen) atoms. The Balaban J connectivity index is 1.35. The number of para-hydroxylation sites is 1. The largest absolute Gasteiger partial charge is 0.485 e. The normalized spacial score (nSPS) is 17.0. The van der Waals surface area contributed by atoms with E-state index in [0.717, 1.165) is 26.2 Å². The van der Waals surface area contributed by atoms with Gasteiger partial charge in [-0.25, -0.2) is 0 Å². The van der Waals surface area contributed by atoms with Crippen LogP contribution in [-0.2, 0) is 0 Å². The van der Waals surface area contributed by atoms with Crippen LogP contribution in [0.5, 0.6) is 11.5 Å². The molecular weight excluding hydrogens is 328 g/mol. The molecule has 0 N–H and O–H groups in total. The van der Waals surface area contributed by atoms with E-state index >= 15 is 0 Å². The van der Waals surface area contributed by atoms with Crippen molar-refractivity contribution in [3.63, 3.8) is 0 Å². The first-order chi connectivity index (χ1) is 12.8. The molecule has 0 saturated carbocycles. The molecule has 5 heteroatoms. The average Bonchev–Trinajstić information content (AvgIpc) is 2.94. The molecule has 2 aromatic rings. The number of Topliss-reactive ketones (excluding diaryl/α,β-unsaturated/α-hetero) is 1. The molecule has 0 atom stereocenters. The third-order valence-electron chi connectivity index (χ3n) is 4.75. The first kappa shape index (κ1) is 16.7. The number of fused-ring (bicyclic) bond motifs is 1. The van der Waals surface area contributed by atoms with Crippen LogP contribution in [0.3, 0.4) is 0 Å². The van der Waals surface area contributed by atoms with E-state index in [4.69, 9.17) is 9.47 Å². The minimum absolute atomic E-state index is 0.113. The minimum atomic E-state index is 0.113. The van der Waals surface area contributed by atoms with Crippen LogP contribution >= 0.6 is 0 Å². The van der Waals surface area contributed by atoms with E-state index in [-0.39, 0.29) is 5.78 Å². The SMILES string of the molecule is O=C(CN1CCN(c2ccccc2)CC1)c1ccc2c(c1)OCC=CO2. The van der Waals surface area contributed by atoms with Gasteiger partial charge in [0.15, 0.2) is 17.3 Å². The predicted octanol–water partition coefficient (Wildman–Crippen LogP) is 2.98. The first-order valence-electron chi connectivity index (χ1n) is 8.94. The van der Waals surface area contributed by atoms with Crippen LogP contribution in [0.4, 0.5) is 5.69 Å². The van der Waals surface area contributed by atoms with E-state index < -0.39 is 0 Å². The molecule has 4 rings (SSSR count). The van der Waals surface area contributed by atoms with E-state index in [1.165, 1.54) is 5.69 Å². The molecule has 2 aromatic carbocycles. The van der Waals surface area contributed by atoms with Gasteiger partial charge in [0.25, 0.3) is 0 Å². The summed E-state index contributed by atoms with van der Waals surface area (Å²) in [5.74, 6) is 1.38.